The number of aliphatic hydroxyl groups is 1. The fourth-order valence-corrected chi connectivity index (χ4v) is 2.07. The van der Waals surface area contributed by atoms with Crippen LogP contribution in [-0.4, -0.2) is 28.4 Å². The first-order valence-corrected chi connectivity index (χ1v) is 6.06. The first-order chi connectivity index (χ1) is 9.08. The minimum atomic E-state index is -0.362. The van der Waals surface area contributed by atoms with Crippen LogP contribution in [0.3, 0.4) is 0 Å². The van der Waals surface area contributed by atoms with Gasteiger partial charge in [0.15, 0.2) is 0 Å². The number of hydrogen-bond acceptors (Lipinski definition) is 4. The van der Waals surface area contributed by atoms with Gasteiger partial charge in [-0.05, 0) is 25.0 Å². The van der Waals surface area contributed by atoms with Crippen molar-refractivity contribution in [2.45, 2.75) is 31.9 Å². The summed E-state index contributed by atoms with van der Waals surface area (Å²) < 4.78 is 0. The van der Waals surface area contributed by atoms with E-state index < -0.39 is 0 Å². The molecule has 1 aromatic heterocycles. The second-order valence-corrected chi connectivity index (χ2v) is 4.51. The largest absolute Gasteiger partial charge is 0.393 e. The maximum atomic E-state index is 9.86. The number of benzene rings is 1. The molecule has 1 aromatic carbocycles. The molecule has 2 atom stereocenters. The average molecular weight is 262 g/mol. The van der Waals surface area contributed by atoms with Crippen LogP contribution in [0.5, 0.6) is 0 Å². The van der Waals surface area contributed by atoms with Gasteiger partial charge < -0.3 is 15.8 Å². The summed E-state index contributed by atoms with van der Waals surface area (Å²) in [6.07, 6.45) is 3.15. The molecule has 5 heteroatoms. The Morgan fingerprint density at radius 3 is 2.63 bits per heavy atom. The minimum Gasteiger partial charge on any atom is -0.393 e. The van der Waals surface area contributed by atoms with Gasteiger partial charge in [0, 0.05) is 29.6 Å². The maximum Gasteiger partial charge on any atom is 0.373 e. The normalized spacial score (nSPS) is 13.2. The molecule has 0 saturated carbocycles. The molecule has 4 N–H and O–H groups in total. The molecule has 2 rings (SSSR count). The Bertz CT molecular complexity index is 542. The van der Waals surface area contributed by atoms with E-state index in [0.29, 0.717) is 12.8 Å². The van der Waals surface area contributed by atoms with E-state index in [1.807, 2.05) is 31.3 Å². The van der Waals surface area contributed by atoms with Gasteiger partial charge in [-0.1, -0.05) is 18.2 Å². The van der Waals surface area contributed by atoms with E-state index in [1.165, 1.54) is 5.39 Å². The van der Waals surface area contributed by atoms with Gasteiger partial charge in [-0.15, -0.1) is 0 Å². The highest BCUT2D eigenvalue weighted by atomic mass is 16.3. The molecule has 0 saturated heterocycles. The van der Waals surface area contributed by atoms with Crippen molar-refractivity contribution in [3.8, 4) is 0 Å². The van der Waals surface area contributed by atoms with Crippen LogP contribution in [0.15, 0.2) is 30.5 Å². The molecule has 5 nitrogen and oxygen atoms in total. The summed E-state index contributed by atoms with van der Waals surface area (Å²) in [5, 5.41) is 11.0. The molecule has 102 valence electrons. The van der Waals surface area contributed by atoms with Gasteiger partial charge in [-0.2, -0.15) is 9.59 Å². The number of carbonyl (C=O) groups excluding carboxylic acids is 2. The predicted octanol–water partition coefficient (Wildman–Crippen LogP) is 1.23. The molecule has 0 unspecified atom stereocenters. The summed E-state index contributed by atoms with van der Waals surface area (Å²) in [6.45, 7) is 1.92. The summed E-state index contributed by atoms with van der Waals surface area (Å²) in [7, 11) is 0. The Balaban J connectivity index is 0.000000550. The molecule has 0 amide bonds. The van der Waals surface area contributed by atoms with Crippen molar-refractivity contribution >= 4 is 17.1 Å². The number of aromatic nitrogens is 1. The lowest BCUT2D eigenvalue weighted by Crippen LogP contribution is -2.24. The van der Waals surface area contributed by atoms with Crippen LogP contribution < -0.4 is 5.73 Å². The standard InChI is InChI=1S/C13H18N2O.CO2/c1-9(14)6-11(16)7-10-8-15-13-5-3-2-4-12(10)13;2-1-3/h2-5,8-9,11,15-16H,6-7,14H2,1H3;/t9-,11-;/m0./s1. The summed E-state index contributed by atoms with van der Waals surface area (Å²) in [5.41, 5.74) is 7.94. The molecular formula is C14H18N2O3. The summed E-state index contributed by atoms with van der Waals surface area (Å²) in [5.74, 6) is 0. The lowest BCUT2D eigenvalue weighted by molar-refractivity contribution is -0.191. The van der Waals surface area contributed by atoms with E-state index in [-0.39, 0.29) is 18.3 Å². The lowest BCUT2D eigenvalue weighted by atomic mass is 10.0. The maximum absolute atomic E-state index is 9.86. The zero-order chi connectivity index (χ0) is 14.3. The van der Waals surface area contributed by atoms with Gasteiger partial charge in [0.25, 0.3) is 0 Å². The van der Waals surface area contributed by atoms with E-state index in [9.17, 15) is 5.11 Å². The molecular weight excluding hydrogens is 244 g/mol. The van der Waals surface area contributed by atoms with Crippen LogP contribution in [0.1, 0.15) is 18.9 Å². The summed E-state index contributed by atoms with van der Waals surface area (Å²) in [4.78, 5) is 19.5. The quantitative estimate of drug-likeness (QED) is 0.772. The van der Waals surface area contributed by atoms with Gasteiger partial charge in [-0.25, -0.2) is 0 Å². The number of para-hydroxylation sites is 1. The Hall–Kier alpha value is -1.94. The van der Waals surface area contributed by atoms with Crippen molar-refractivity contribution in [1.82, 2.24) is 4.98 Å². The predicted molar refractivity (Wildman–Crippen MR) is 71.3 cm³/mol. The number of nitrogens with one attached hydrogen (secondary N) is 1. The van der Waals surface area contributed by atoms with Crippen LogP contribution in [0.25, 0.3) is 10.9 Å². The second-order valence-electron chi connectivity index (χ2n) is 4.51. The fraction of sp³-hybridized carbons (Fsp3) is 0.357. The topological polar surface area (TPSA) is 96.2 Å². The lowest BCUT2D eigenvalue weighted by Gasteiger charge is -2.12. The van der Waals surface area contributed by atoms with Crippen molar-refractivity contribution in [3.63, 3.8) is 0 Å². The monoisotopic (exact) mass is 262 g/mol. The Morgan fingerprint density at radius 2 is 2.00 bits per heavy atom. The smallest absolute Gasteiger partial charge is 0.373 e. The van der Waals surface area contributed by atoms with Crippen molar-refractivity contribution in [2.24, 2.45) is 5.73 Å². The molecule has 2 aromatic rings. The third kappa shape index (κ3) is 4.67. The number of rotatable bonds is 4. The summed E-state index contributed by atoms with van der Waals surface area (Å²) >= 11 is 0. The van der Waals surface area contributed by atoms with Crippen molar-refractivity contribution in [2.75, 3.05) is 0 Å². The van der Waals surface area contributed by atoms with E-state index in [2.05, 4.69) is 11.1 Å². The van der Waals surface area contributed by atoms with Crippen molar-refractivity contribution in [3.05, 3.63) is 36.0 Å². The molecule has 0 radical (unpaired) electrons. The Labute approximate surface area is 111 Å². The van der Waals surface area contributed by atoms with Crippen molar-refractivity contribution in [1.29, 1.82) is 0 Å². The molecule has 19 heavy (non-hydrogen) atoms. The SMILES string of the molecule is C[C@H](N)C[C@H](O)Cc1c[nH]c2ccccc12.O=C=O. The number of hydrogen-bond donors (Lipinski definition) is 3. The Morgan fingerprint density at radius 1 is 1.37 bits per heavy atom. The van der Waals surface area contributed by atoms with Crippen LogP contribution >= 0.6 is 0 Å². The zero-order valence-electron chi connectivity index (χ0n) is 10.8. The van der Waals surface area contributed by atoms with E-state index in [1.54, 1.807) is 0 Å². The summed E-state index contributed by atoms with van der Waals surface area (Å²) in [6, 6.07) is 8.16. The number of fused-ring (bicyclic) bond motifs is 1. The van der Waals surface area contributed by atoms with Crippen molar-refractivity contribution < 1.29 is 14.7 Å². The highest BCUT2D eigenvalue weighted by Crippen LogP contribution is 2.19. The van der Waals surface area contributed by atoms with Gasteiger partial charge in [0.2, 0.25) is 0 Å². The van der Waals surface area contributed by atoms with Gasteiger partial charge in [-0.3, -0.25) is 0 Å². The van der Waals surface area contributed by atoms with E-state index in [0.717, 1.165) is 11.1 Å². The first kappa shape index (κ1) is 15.1. The third-order valence-corrected chi connectivity index (χ3v) is 2.77. The van der Waals surface area contributed by atoms with E-state index in [4.69, 9.17) is 15.3 Å². The average Bonchev–Trinajstić information content (AvgIpc) is 2.73. The fourth-order valence-electron chi connectivity index (χ4n) is 2.07. The number of nitrogens with two attached hydrogens (primary N) is 1. The second kappa shape index (κ2) is 7.48. The highest BCUT2D eigenvalue weighted by Gasteiger charge is 2.11. The van der Waals surface area contributed by atoms with Crippen LogP contribution in [-0.2, 0) is 16.0 Å². The molecule has 1 heterocycles. The number of H-pyrrole nitrogens is 1. The highest BCUT2D eigenvalue weighted by molar-refractivity contribution is 5.83. The van der Waals surface area contributed by atoms with E-state index >= 15 is 0 Å². The molecule has 0 aliphatic heterocycles. The van der Waals surface area contributed by atoms with Gasteiger partial charge >= 0.3 is 6.15 Å². The van der Waals surface area contributed by atoms with Gasteiger partial charge in [0.05, 0.1) is 6.10 Å². The number of aromatic amines is 1. The number of aliphatic hydroxyl groups excluding tert-OH is 1. The van der Waals surface area contributed by atoms with Crippen LogP contribution in [0.2, 0.25) is 0 Å². The first-order valence-electron chi connectivity index (χ1n) is 6.06. The zero-order valence-corrected chi connectivity index (χ0v) is 10.8. The Kier molecular flexibility index (Phi) is 5.96. The van der Waals surface area contributed by atoms with Crippen LogP contribution in [0.4, 0.5) is 0 Å². The molecule has 0 fully saturated rings. The minimum absolute atomic E-state index is 0.0419. The molecule has 0 spiro atoms. The van der Waals surface area contributed by atoms with Gasteiger partial charge in [0.1, 0.15) is 0 Å². The molecule has 0 aliphatic carbocycles. The van der Waals surface area contributed by atoms with Crippen LogP contribution in [0, 0.1) is 0 Å². The third-order valence-electron chi connectivity index (χ3n) is 2.77. The molecule has 0 aliphatic rings. The molecule has 0 bridgehead atoms.